The van der Waals surface area contributed by atoms with Crippen molar-refractivity contribution < 1.29 is 19.4 Å². The Morgan fingerprint density at radius 2 is 1.93 bits per heavy atom. The molecular formula is C21H22FN3O3. The Hall–Kier alpha value is -3.19. The van der Waals surface area contributed by atoms with Crippen molar-refractivity contribution in [3.63, 3.8) is 0 Å². The number of nitrogens with one attached hydrogen (secondary N) is 2. The number of rotatable bonds is 6. The number of H-pyrrole nitrogens is 1. The Bertz CT molecular complexity index is 1010. The number of fused-ring (bicyclic) bond motifs is 1. The zero-order chi connectivity index (χ0) is 20.3. The average Bonchev–Trinajstić information content (AvgIpc) is 3.09. The number of benzene rings is 2. The minimum atomic E-state index is -0.471. The van der Waals surface area contributed by atoms with Crippen molar-refractivity contribution in [1.82, 2.24) is 15.5 Å². The lowest BCUT2D eigenvalue weighted by Gasteiger charge is -2.20. The van der Waals surface area contributed by atoms with E-state index in [1.165, 1.54) is 18.2 Å². The minimum absolute atomic E-state index is 0.0444. The number of phenolic OH excluding ortho intramolecular Hbond substituents is 1. The van der Waals surface area contributed by atoms with Crippen LogP contribution in [-0.2, 0) is 0 Å². The molecule has 1 heterocycles. The zero-order valence-corrected chi connectivity index (χ0v) is 15.6. The van der Waals surface area contributed by atoms with Gasteiger partial charge in [0.25, 0.3) is 5.91 Å². The van der Waals surface area contributed by atoms with E-state index in [4.69, 9.17) is 0 Å². The molecule has 0 unspecified atom stereocenters. The molecule has 3 rings (SSSR count). The van der Waals surface area contributed by atoms with Crippen LogP contribution in [0.4, 0.5) is 4.39 Å². The van der Waals surface area contributed by atoms with Gasteiger partial charge in [0.05, 0.1) is 34.8 Å². The molecule has 146 valence electrons. The molecule has 4 N–H and O–H groups in total. The van der Waals surface area contributed by atoms with Crippen LogP contribution in [0.25, 0.3) is 23.1 Å². The zero-order valence-electron chi connectivity index (χ0n) is 15.6. The number of phenols is 1. The predicted molar refractivity (Wildman–Crippen MR) is 106 cm³/mol. The molecule has 3 aromatic rings. The van der Waals surface area contributed by atoms with Crippen LogP contribution in [0, 0.1) is 11.7 Å². The summed E-state index contributed by atoms with van der Waals surface area (Å²) in [5.74, 6) is -0.937. The third kappa shape index (κ3) is 4.04. The summed E-state index contributed by atoms with van der Waals surface area (Å²) < 4.78 is 13.0. The van der Waals surface area contributed by atoms with Gasteiger partial charge in [0, 0.05) is 0 Å². The van der Waals surface area contributed by atoms with Crippen LogP contribution in [0.15, 0.2) is 36.4 Å². The van der Waals surface area contributed by atoms with E-state index in [-0.39, 0.29) is 29.7 Å². The first-order valence-electron chi connectivity index (χ1n) is 8.96. The largest absolute Gasteiger partial charge is 0.506 e. The predicted octanol–water partition coefficient (Wildman–Crippen LogP) is 3.32. The van der Waals surface area contributed by atoms with Crippen LogP contribution < -0.4 is 5.32 Å². The van der Waals surface area contributed by atoms with Crippen LogP contribution in [0.5, 0.6) is 5.75 Å². The maximum atomic E-state index is 13.0. The molecular weight excluding hydrogens is 361 g/mol. The van der Waals surface area contributed by atoms with E-state index in [1.54, 1.807) is 30.4 Å². The summed E-state index contributed by atoms with van der Waals surface area (Å²) >= 11 is 0. The summed E-state index contributed by atoms with van der Waals surface area (Å²) in [6.07, 6.45) is 3.45. The first-order valence-corrected chi connectivity index (χ1v) is 8.96. The van der Waals surface area contributed by atoms with E-state index < -0.39 is 11.9 Å². The van der Waals surface area contributed by atoms with Gasteiger partial charge in [-0.1, -0.05) is 32.1 Å². The number of carbonyl (C=O) groups is 1. The van der Waals surface area contributed by atoms with Gasteiger partial charge in [-0.3, -0.25) is 9.89 Å². The molecule has 0 saturated heterocycles. The van der Waals surface area contributed by atoms with E-state index in [1.807, 2.05) is 13.8 Å². The van der Waals surface area contributed by atoms with Gasteiger partial charge in [-0.15, -0.1) is 0 Å². The summed E-state index contributed by atoms with van der Waals surface area (Å²) in [5, 5.41) is 30.2. The maximum Gasteiger partial charge on any atom is 0.255 e. The van der Waals surface area contributed by atoms with Crippen LogP contribution in [-0.4, -0.2) is 39.0 Å². The van der Waals surface area contributed by atoms with Gasteiger partial charge in [-0.2, -0.15) is 5.10 Å². The number of hydrogen-bond donors (Lipinski definition) is 4. The van der Waals surface area contributed by atoms with Gasteiger partial charge in [0.1, 0.15) is 11.6 Å². The van der Waals surface area contributed by atoms with Crippen LogP contribution >= 0.6 is 0 Å². The first kappa shape index (κ1) is 19.6. The smallest absolute Gasteiger partial charge is 0.255 e. The molecule has 1 atom stereocenters. The summed E-state index contributed by atoms with van der Waals surface area (Å²) in [5.41, 5.74) is 1.91. The van der Waals surface area contributed by atoms with Gasteiger partial charge in [-0.25, -0.2) is 4.39 Å². The fraction of sp³-hybridized carbons (Fsp3) is 0.238. The van der Waals surface area contributed by atoms with Crippen molar-refractivity contribution in [2.45, 2.75) is 19.9 Å². The lowest BCUT2D eigenvalue weighted by Crippen LogP contribution is -2.41. The van der Waals surface area contributed by atoms with Crippen molar-refractivity contribution >= 4 is 29.0 Å². The Labute approximate surface area is 161 Å². The fourth-order valence-electron chi connectivity index (χ4n) is 2.84. The molecule has 0 spiro atoms. The number of aliphatic hydroxyl groups excluding tert-OH is 1. The normalized spacial score (nSPS) is 12.8. The summed E-state index contributed by atoms with van der Waals surface area (Å²) in [6, 6.07) is 8.70. The molecule has 6 nitrogen and oxygen atoms in total. The monoisotopic (exact) mass is 383 g/mol. The molecule has 1 amide bonds. The number of aliphatic hydroxyl groups is 1. The Morgan fingerprint density at radius 3 is 2.57 bits per heavy atom. The molecule has 0 bridgehead atoms. The standard InChI is InChI=1S/C21H22FN3O3/c1-12(2)18(11-26)23-21(28)15-8-10-17-19(20(15)27)16(24-25-17)9-5-13-3-6-14(22)7-4-13/h3-10,12,18,26-27H,11H2,1-2H3,(H,23,28)(H,24,25)/b9-5+/t18-/m1/s1. The van der Waals surface area contributed by atoms with Gasteiger partial charge in [-0.05, 0) is 41.8 Å². The van der Waals surface area contributed by atoms with Gasteiger partial charge < -0.3 is 15.5 Å². The lowest BCUT2D eigenvalue weighted by atomic mass is 10.0. The Balaban J connectivity index is 1.93. The minimum Gasteiger partial charge on any atom is -0.506 e. The lowest BCUT2D eigenvalue weighted by molar-refractivity contribution is 0.0894. The van der Waals surface area contributed by atoms with Crippen molar-refractivity contribution in [2.75, 3.05) is 6.61 Å². The highest BCUT2D eigenvalue weighted by Crippen LogP contribution is 2.31. The molecule has 2 aromatic carbocycles. The second-order valence-electron chi connectivity index (χ2n) is 6.88. The fourth-order valence-corrected chi connectivity index (χ4v) is 2.84. The topological polar surface area (TPSA) is 98.2 Å². The van der Waals surface area contributed by atoms with E-state index in [9.17, 15) is 19.4 Å². The molecule has 28 heavy (non-hydrogen) atoms. The number of amides is 1. The van der Waals surface area contributed by atoms with Crippen molar-refractivity contribution in [3.05, 3.63) is 59.0 Å². The second-order valence-corrected chi connectivity index (χ2v) is 6.88. The first-order chi connectivity index (χ1) is 13.4. The molecule has 0 saturated carbocycles. The maximum absolute atomic E-state index is 13.0. The third-order valence-electron chi connectivity index (χ3n) is 4.60. The molecule has 0 radical (unpaired) electrons. The van der Waals surface area contributed by atoms with E-state index in [2.05, 4.69) is 15.5 Å². The molecule has 0 aliphatic heterocycles. The molecule has 0 fully saturated rings. The third-order valence-corrected chi connectivity index (χ3v) is 4.60. The average molecular weight is 383 g/mol. The van der Waals surface area contributed by atoms with Crippen LogP contribution in [0.1, 0.15) is 35.5 Å². The van der Waals surface area contributed by atoms with E-state index >= 15 is 0 Å². The number of carbonyl (C=O) groups excluding carboxylic acids is 1. The summed E-state index contributed by atoms with van der Waals surface area (Å²) in [7, 11) is 0. The second kappa shape index (κ2) is 8.22. The van der Waals surface area contributed by atoms with Crippen LogP contribution in [0.3, 0.4) is 0 Å². The highest BCUT2D eigenvalue weighted by atomic mass is 19.1. The number of halogens is 1. The van der Waals surface area contributed by atoms with Crippen LogP contribution in [0.2, 0.25) is 0 Å². The molecule has 0 aliphatic carbocycles. The van der Waals surface area contributed by atoms with Crippen molar-refractivity contribution in [3.8, 4) is 5.75 Å². The van der Waals surface area contributed by atoms with Gasteiger partial charge in [0.15, 0.2) is 0 Å². The Kier molecular flexibility index (Phi) is 5.75. The summed E-state index contributed by atoms with van der Waals surface area (Å²) in [6.45, 7) is 3.58. The number of nitrogens with zero attached hydrogens (tertiary/aromatic N) is 1. The number of aromatic hydroxyl groups is 1. The number of hydrogen-bond acceptors (Lipinski definition) is 4. The van der Waals surface area contributed by atoms with E-state index in [0.29, 0.717) is 16.6 Å². The van der Waals surface area contributed by atoms with Gasteiger partial charge >= 0.3 is 0 Å². The highest BCUT2D eigenvalue weighted by molar-refractivity contribution is 6.05. The summed E-state index contributed by atoms with van der Waals surface area (Å²) in [4.78, 5) is 12.6. The number of aromatic amines is 1. The van der Waals surface area contributed by atoms with Gasteiger partial charge in [0.2, 0.25) is 0 Å². The molecule has 0 aliphatic rings. The number of aromatic nitrogens is 2. The quantitative estimate of drug-likeness (QED) is 0.525. The molecule has 7 heteroatoms. The molecule has 1 aromatic heterocycles. The SMILES string of the molecule is CC(C)[C@@H](CO)NC(=O)c1ccc2n[nH]c(/C=C/c3ccc(F)cc3)c2c1O. The van der Waals surface area contributed by atoms with Crippen molar-refractivity contribution in [2.24, 2.45) is 5.92 Å². The van der Waals surface area contributed by atoms with E-state index in [0.717, 1.165) is 5.56 Å². The highest BCUT2D eigenvalue weighted by Gasteiger charge is 2.21. The Morgan fingerprint density at radius 1 is 1.21 bits per heavy atom. The van der Waals surface area contributed by atoms with Crippen molar-refractivity contribution in [1.29, 1.82) is 0 Å².